The first-order valence-electron chi connectivity index (χ1n) is 10.9. The van der Waals surface area contributed by atoms with Crippen molar-refractivity contribution in [2.24, 2.45) is 0 Å². The van der Waals surface area contributed by atoms with Crippen LogP contribution in [0.5, 0.6) is 5.75 Å². The minimum atomic E-state index is -1.18. The van der Waals surface area contributed by atoms with Crippen LogP contribution in [0.1, 0.15) is 36.8 Å². The number of hydrogen-bond donors (Lipinski definition) is 0. The normalized spacial score (nSPS) is 17.7. The van der Waals surface area contributed by atoms with Crippen LogP contribution >= 0.6 is 11.6 Å². The van der Waals surface area contributed by atoms with Crippen LogP contribution in [0.15, 0.2) is 54.6 Å². The number of benzene rings is 2. The van der Waals surface area contributed by atoms with Crippen molar-refractivity contribution >= 4 is 35.3 Å². The third-order valence-electron chi connectivity index (χ3n) is 5.85. The summed E-state index contributed by atoms with van der Waals surface area (Å²) in [6.45, 7) is -0.548. The number of Topliss-reactive ketones (excluding diaryl/α,β-unsaturated/α-hetero) is 1. The Labute approximate surface area is 203 Å². The Kier molecular flexibility index (Phi) is 8.44. The molecule has 0 bridgehead atoms. The topological polar surface area (TPSA) is 96.7 Å². The van der Waals surface area contributed by atoms with Gasteiger partial charge in [0.2, 0.25) is 0 Å². The number of likely N-dealkylation sites (N-methyl/N-ethyl adjacent to an activating group) is 1. The van der Waals surface area contributed by atoms with E-state index in [1.54, 1.807) is 61.7 Å². The van der Waals surface area contributed by atoms with Crippen molar-refractivity contribution in [3.63, 3.8) is 0 Å². The SMILES string of the molecule is CN(C(=O)COC(=O)/C=C/c1ccc(OCC#N)cc1)C1(c2ccccc2Cl)CCCCC1=O. The minimum Gasteiger partial charge on any atom is -0.479 e. The van der Waals surface area contributed by atoms with Gasteiger partial charge in [0.15, 0.2) is 19.0 Å². The Hall–Kier alpha value is -3.63. The molecule has 2 aromatic rings. The average Bonchev–Trinajstić information content (AvgIpc) is 2.86. The van der Waals surface area contributed by atoms with E-state index in [4.69, 9.17) is 26.3 Å². The number of carbonyl (C=O) groups is 3. The fourth-order valence-electron chi connectivity index (χ4n) is 4.08. The largest absolute Gasteiger partial charge is 0.479 e. The second-order valence-electron chi connectivity index (χ2n) is 7.88. The van der Waals surface area contributed by atoms with E-state index in [1.165, 1.54) is 11.0 Å². The summed E-state index contributed by atoms with van der Waals surface area (Å²) in [6, 6.07) is 15.7. The lowest BCUT2D eigenvalue weighted by Gasteiger charge is -2.43. The first kappa shape index (κ1) is 25.0. The number of nitrogens with zero attached hydrogens (tertiary/aromatic N) is 2. The van der Waals surface area contributed by atoms with Crippen LogP contribution in [0.4, 0.5) is 0 Å². The predicted molar refractivity (Wildman–Crippen MR) is 127 cm³/mol. The summed E-state index contributed by atoms with van der Waals surface area (Å²) < 4.78 is 10.3. The van der Waals surface area contributed by atoms with E-state index in [9.17, 15) is 14.4 Å². The highest BCUT2D eigenvalue weighted by atomic mass is 35.5. The van der Waals surface area contributed by atoms with Gasteiger partial charge in [-0.15, -0.1) is 0 Å². The maximum atomic E-state index is 13.1. The lowest BCUT2D eigenvalue weighted by molar-refractivity contribution is -0.155. The van der Waals surface area contributed by atoms with E-state index in [1.807, 2.05) is 6.07 Å². The Morgan fingerprint density at radius 3 is 2.59 bits per heavy atom. The fourth-order valence-corrected chi connectivity index (χ4v) is 4.37. The summed E-state index contributed by atoms with van der Waals surface area (Å²) in [5, 5.41) is 8.95. The van der Waals surface area contributed by atoms with E-state index in [-0.39, 0.29) is 12.4 Å². The van der Waals surface area contributed by atoms with Gasteiger partial charge in [-0.05, 0) is 49.1 Å². The van der Waals surface area contributed by atoms with Crippen LogP contribution < -0.4 is 4.74 Å². The Morgan fingerprint density at radius 2 is 1.91 bits per heavy atom. The molecule has 34 heavy (non-hydrogen) atoms. The summed E-state index contributed by atoms with van der Waals surface area (Å²) in [5.74, 6) is -0.708. The molecule has 2 aromatic carbocycles. The van der Waals surface area contributed by atoms with Gasteiger partial charge in [-0.3, -0.25) is 9.59 Å². The lowest BCUT2D eigenvalue weighted by Crippen LogP contribution is -2.55. The molecule has 0 radical (unpaired) electrons. The van der Waals surface area contributed by atoms with Crippen molar-refractivity contribution in [1.29, 1.82) is 5.26 Å². The molecule has 8 heteroatoms. The second kappa shape index (κ2) is 11.5. The third kappa shape index (κ3) is 5.64. The van der Waals surface area contributed by atoms with E-state index in [0.717, 1.165) is 18.4 Å². The zero-order valence-electron chi connectivity index (χ0n) is 18.8. The van der Waals surface area contributed by atoms with Crippen LogP contribution in [0.2, 0.25) is 5.02 Å². The lowest BCUT2D eigenvalue weighted by atomic mass is 9.74. The first-order valence-corrected chi connectivity index (χ1v) is 11.3. The molecule has 1 amide bonds. The van der Waals surface area contributed by atoms with Crippen LogP contribution in [-0.2, 0) is 24.7 Å². The summed E-state index contributed by atoms with van der Waals surface area (Å²) in [7, 11) is 1.55. The minimum absolute atomic E-state index is 0.0483. The van der Waals surface area contributed by atoms with Gasteiger partial charge in [0, 0.05) is 30.1 Å². The fraction of sp³-hybridized carbons (Fsp3) is 0.308. The molecule has 3 rings (SSSR count). The van der Waals surface area contributed by atoms with Crippen LogP contribution in [-0.4, -0.2) is 42.8 Å². The number of esters is 1. The summed E-state index contributed by atoms with van der Waals surface area (Å²) in [6.07, 6.45) is 5.11. The number of nitriles is 1. The molecule has 0 spiro atoms. The van der Waals surface area contributed by atoms with Crippen molar-refractivity contribution in [1.82, 2.24) is 4.90 Å². The van der Waals surface area contributed by atoms with Crippen LogP contribution in [0, 0.1) is 11.3 Å². The second-order valence-corrected chi connectivity index (χ2v) is 8.29. The zero-order chi connectivity index (χ0) is 24.6. The monoisotopic (exact) mass is 480 g/mol. The van der Waals surface area contributed by atoms with Gasteiger partial charge < -0.3 is 14.4 Å². The third-order valence-corrected chi connectivity index (χ3v) is 6.18. The maximum absolute atomic E-state index is 13.1. The molecule has 1 atom stereocenters. The maximum Gasteiger partial charge on any atom is 0.331 e. The summed E-state index contributed by atoms with van der Waals surface area (Å²) in [5.41, 5.74) is 0.131. The van der Waals surface area contributed by atoms with Gasteiger partial charge >= 0.3 is 5.97 Å². The van der Waals surface area contributed by atoms with Gasteiger partial charge in [-0.2, -0.15) is 5.26 Å². The van der Waals surface area contributed by atoms with Crippen molar-refractivity contribution in [3.8, 4) is 11.8 Å². The number of ketones is 1. The Morgan fingerprint density at radius 1 is 1.18 bits per heavy atom. The Balaban J connectivity index is 1.65. The van der Waals surface area contributed by atoms with E-state index < -0.39 is 24.0 Å². The molecule has 0 aliphatic heterocycles. The van der Waals surface area contributed by atoms with Gasteiger partial charge in [-0.25, -0.2) is 4.79 Å². The average molecular weight is 481 g/mol. The molecule has 176 valence electrons. The molecule has 0 N–H and O–H groups in total. The molecular formula is C26H25ClN2O5. The van der Waals surface area contributed by atoms with Crippen molar-refractivity contribution in [2.75, 3.05) is 20.3 Å². The number of hydrogen-bond acceptors (Lipinski definition) is 6. The Bertz CT molecular complexity index is 1120. The highest BCUT2D eigenvalue weighted by molar-refractivity contribution is 6.31. The number of halogens is 1. The van der Waals surface area contributed by atoms with Crippen LogP contribution in [0.25, 0.3) is 6.08 Å². The van der Waals surface area contributed by atoms with E-state index >= 15 is 0 Å². The quantitative estimate of drug-likeness (QED) is 0.413. The molecule has 1 fully saturated rings. The molecule has 0 heterocycles. The smallest absolute Gasteiger partial charge is 0.331 e. The number of carbonyl (C=O) groups excluding carboxylic acids is 3. The van der Waals surface area contributed by atoms with Gasteiger partial charge in [-0.1, -0.05) is 41.9 Å². The van der Waals surface area contributed by atoms with Crippen LogP contribution in [0.3, 0.4) is 0 Å². The highest BCUT2D eigenvalue weighted by Gasteiger charge is 2.47. The number of ether oxygens (including phenoxy) is 2. The molecule has 7 nitrogen and oxygen atoms in total. The summed E-state index contributed by atoms with van der Waals surface area (Å²) in [4.78, 5) is 39.6. The number of amides is 1. The molecule has 1 unspecified atom stereocenters. The van der Waals surface area contributed by atoms with E-state index in [0.29, 0.717) is 29.2 Å². The van der Waals surface area contributed by atoms with Crippen molar-refractivity contribution in [3.05, 3.63) is 70.8 Å². The van der Waals surface area contributed by atoms with Gasteiger partial charge in [0.25, 0.3) is 5.91 Å². The standard InChI is InChI=1S/C26H25ClN2O5/c1-29(26(15-5-4-8-23(26)30)21-6-2-3-7-22(21)27)24(31)18-34-25(32)14-11-19-9-12-20(13-10-19)33-17-16-28/h2-3,6-7,9-14H,4-5,8,15,17-18H2,1H3/b14-11+. The highest BCUT2D eigenvalue weighted by Crippen LogP contribution is 2.42. The van der Waals surface area contributed by atoms with Crippen molar-refractivity contribution < 1.29 is 23.9 Å². The molecule has 1 aliphatic rings. The van der Waals surface area contributed by atoms with Gasteiger partial charge in [0.05, 0.1) is 0 Å². The van der Waals surface area contributed by atoms with Crippen molar-refractivity contribution in [2.45, 2.75) is 31.2 Å². The summed E-state index contributed by atoms with van der Waals surface area (Å²) >= 11 is 6.42. The predicted octanol–water partition coefficient (Wildman–Crippen LogP) is 4.30. The number of rotatable bonds is 8. The molecule has 0 aromatic heterocycles. The zero-order valence-corrected chi connectivity index (χ0v) is 19.6. The first-order chi connectivity index (χ1) is 16.4. The molecule has 1 aliphatic carbocycles. The van der Waals surface area contributed by atoms with E-state index in [2.05, 4.69) is 0 Å². The van der Waals surface area contributed by atoms with Gasteiger partial charge in [0.1, 0.15) is 17.4 Å². The molecular weight excluding hydrogens is 456 g/mol. The molecule has 0 saturated heterocycles. The molecule has 1 saturated carbocycles.